The zero-order valence-corrected chi connectivity index (χ0v) is 17.8. The number of rotatable bonds is 8. The van der Waals surface area contributed by atoms with Gasteiger partial charge in [0.05, 0.1) is 18.1 Å². The number of nitrogens with one attached hydrogen (secondary N) is 2. The number of amides is 2. The van der Waals surface area contributed by atoms with Crippen molar-refractivity contribution in [2.45, 2.75) is 44.6 Å². The van der Waals surface area contributed by atoms with Crippen molar-refractivity contribution in [1.82, 2.24) is 5.32 Å². The van der Waals surface area contributed by atoms with E-state index in [1.54, 1.807) is 30.3 Å². The number of esters is 1. The highest BCUT2D eigenvalue weighted by Gasteiger charge is 2.51. The van der Waals surface area contributed by atoms with Gasteiger partial charge < -0.3 is 15.4 Å². The van der Waals surface area contributed by atoms with E-state index in [0.29, 0.717) is 28.3 Å². The van der Waals surface area contributed by atoms with Gasteiger partial charge in [-0.05, 0) is 60.7 Å². The third-order valence-corrected chi connectivity index (χ3v) is 5.47. The van der Waals surface area contributed by atoms with Gasteiger partial charge in [0.2, 0.25) is 11.8 Å². The van der Waals surface area contributed by atoms with E-state index in [4.69, 9.17) is 16.3 Å². The van der Waals surface area contributed by atoms with Crippen LogP contribution in [-0.2, 0) is 26.3 Å². The lowest BCUT2D eigenvalue weighted by Gasteiger charge is -2.17. The highest BCUT2D eigenvalue weighted by Crippen LogP contribution is 2.49. The first-order chi connectivity index (χ1) is 14.4. The summed E-state index contributed by atoms with van der Waals surface area (Å²) in [5, 5.41) is 6.38. The summed E-state index contributed by atoms with van der Waals surface area (Å²) in [4.78, 5) is 36.9. The van der Waals surface area contributed by atoms with Gasteiger partial charge >= 0.3 is 5.97 Å². The zero-order chi connectivity index (χ0) is 21.7. The number of hydrogen-bond donors (Lipinski definition) is 2. The van der Waals surface area contributed by atoms with E-state index in [0.717, 1.165) is 24.8 Å². The molecule has 0 heterocycles. The van der Waals surface area contributed by atoms with Gasteiger partial charge in [0.1, 0.15) is 0 Å². The fraction of sp³-hybridized carbons (Fsp3) is 0.348. The van der Waals surface area contributed by atoms with Crippen molar-refractivity contribution >= 4 is 35.1 Å². The molecule has 1 aliphatic carbocycles. The summed E-state index contributed by atoms with van der Waals surface area (Å²) in [6, 6.07) is 12.3. The number of halogens is 1. The van der Waals surface area contributed by atoms with Crippen molar-refractivity contribution in [1.29, 1.82) is 0 Å². The molecule has 2 aromatic carbocycles. The van der Waals surface area contributed by atoms with E-state index in [-0.39, 0.29) is 18.4 Å². The summed E-state index contributed by atoms with van der Waals surface area (Å²) in [5.74, 6) is -0.704. The summed E-state index contributed by atoms with van der Waals surface area (Å²) < 4.78 is 4.82. The molecule has 2 amide bonds. The first-order valence-electron chi connectivity index (χ1n) is 9.94. The van der Waals surface area contributed by atoms with Crippen LogP contribution in [0.15, 0.2) is 42.5 Å². The normalized spacial score (nSPS) is 14.0. The van der Waals surface area contributed by atoms with Gasteiger partial charge in [-0.2, -0.15) is 0 Å². The molecule has 1 fully saturated rings. The van der Waals surface area contributed by atoms with Crippen LogP contribution in [0.5, 0.6) is 0 Å². The Hall–Kier alpha value is -2.86. The van der Waals surface area contributed by atoms with Crippen LogP contribution in [0.2, 0.25) is 5.02 Å². The van der Waals surface area contributed by atoms with Crippen molar-refractivity contribution in [2.24, 2.45) is 0 Å². The quantitative estimate of drug-likeness (QED) is 0.617. The number of hydrogen-bond acceptors (Lipinski definition) is 4. The van der Waals surface area contributed by atoms with Crippen molar-refractivity contribution in [3.05, 3.63) is 64.2 Å². The van der Waals surface area contributed by atoms with Crippen LogP contribution in [0.1, 0.15) is 54.1 Å². The Morgan fingerprint density at radius 1 is 1.10 bits per heavy atom. The summed E-state index contributed by atoms with van der Waals surface area (Å²) in [6.45, 7) is 2.19. The Balaban J connectivity index is 1.80. The molecular weight excluding hydrogens is 404 g/mol. The van der Waals surface area contributed by atoms with E-state index in [2.05, 4.69) is 10.6 Å². The molecule has 7 heteroatoms. The minimum Gasteiger partial charge on any atom is -0.465 e. The van der Waals surface area contributed by atoms with Gasteiger partial charge in [-0.25, -0.2) is 4.79 Å². The number of benzene rings is 2. The summed E-state index contributed by atoms with van der Waals surface area (Å²) >= 11 is 5.97. The standard InChI is InChI=1S/C23H25ClN2O4/c1-3-4-20(27)25-14-15-11-16(21(28)30-2)13-19(12-15)26-22(29)23(9-10-23)17-5-7-18(24)8-6-17/h5-8,11-13H,3-4,9-10,14H2,1-2H3,(H,25,27)(H,26,29). The van der Waals surface area contributed by atoms with Gasteiger partial charge in [0.15, 0.2) is 0 Å². The maximum absolute atomic E-state index is 13.1. The lowest BCUT2D eigenvalue weighted by atomic mass is 9.95. The largest absolute Gasteiger partial charge is 0.465 e. The maximum Gasteiger partial charge on any atom is 0.337 e. The number of carbonyl (C=O) groups is 3. The molecular formula is C23H25ClN2O4. The van der Waals surface area contributed by atoms with Crippen molar-refractivity contribution in [2.75, 3.05) is 12.4 Å². The topological polar surface area (TPSA) is 84.5 Å². The third kappa shape index (κ3) is 5.00. The van der Waals surface area contributed by atoms with E-state index < -0.39 is 11.4 Å². The monoisotopic (exact) mass is 428 g/mol. The second kappa shape index (κ2) is 9.30. The molecule has 3 rings (SSSR count). The van der Waals surface area contributed by atoms with Crippen LogP contribution in [0.25, 0.3) is 0 Å². The van der Waals surface area contributed by atoms with Crippen LogP contribution in [0.3, 0.4) is 0 Å². The summed E-state index contributed by atoms with van der Waals surface area (Å²) in [7, 11) is 1.30. The molecule has 1 saturated carbocycles. The van der Waals surface area contributed by atoms with E-state index in [1.807, 2.05) is 19.1 Å². The van der Waals surface area contributed by atoms with Gasteiger partial charge in [-0.15, -0.1) is 0 Å². The Bertz CT molecular complexity index is 952. The smallest absolute Gasteiger partial charge is 0.337 e. The first kappa shape index (κ1) is 21.8. The highest BCUT2D eigenvalue weighted by molar-refractivity contribution is 6.30. The average Bonchev–Trinajstić information content (AvgIpc) is 3.54. The number of methoxy groups -OCH3 is 1. The molecule has 2 N–H and O–H groups in total. The lowest BCUT2D eigenvalue weighted by molar-refractivity contribution is -0.121. The van der Waals surface area contributed by atoms with Crippen LogP contribution < -0.4 is 10.6 Å². The highest BCUT2D eigenvalue weighted by atomic mass is 35.5. The molecule has 1 aliphatic rings. The molecule has 30 heavy (non-hydrogen) atoms. The molecule has 0 unspecified atom stereocenters. The minimum absolute atomic E-state index is 0.0637. The van der Waals surface area contributed by atoms with Gasteiger partial charge in [-0.3, -0.25) is 9.59 Å². The minimum atomic E-state index is -0.582. The van der Waals surface area contributed by atoms with Gasteiger partial charge in [0, 0.05) is 23.7 Å². The predicted octanol–water partition coefficient (Wildman–Crippen LogP) is 4.21. The Kier molecular flexibility index (Phi) is 6.77. The lowest BCUT2D eigenvalue weighted by Crippen LogP contribution is -2.28. The maximum atomic E-state index is 13.1. The Morgan fingerprint density at radius 3 is 2.40 bits per heavy atom. The number of anilines is 1. The summed E-state index contributed by atoms with van der Waals surface area (Å²) in [5.41, 5.74) is 1.84. The van der Waals surface area contributed by atoms with Gasteiger partial charge in [-0.1, -0.05) is 30.7 Å². The Labute approximate surface area is 180 Å². The van der Waals surface area contributed by atoms with Crippen molar-refractivity contribution < 1.29 is 19.1 Å². The first-order valence-corrected chi connectivity index (χ1v) is 10.3. The van der Waals surface area contributed by atoms with E-state index in [9.17, 15) is 14.4 Å². The molecule has 6 nitrogen and oxygen atoms in total. The SMILES string of the molecule is CCCC(=O)NCc1cc(NC(=O)C2(c3ccc(Cl)cc3)CC2)cc(C(=O)OC)c1. The number of carbonyl (C=O) groups excluding carboxylic acids is 3. The average molecular weight is 429 g/mol. The van der Waals surface area contributed by atoms with Crippen LogP contribution in [0.4, 0.5) is 5.69 Å². The molecule has 0 atom stereocenters. The molecule has 158 valence electrons. The zero-order valence-electron chi connectivity index (χ0n) is 17.1. The molecule has 0 aliphatic heterocycles. The number of ether oxygens (including phenoxy) is 1. The summed E-state index contributed by atoms with van der Waals surface area (Å²) in [6.07, 6.45) is 2.68. The Morgan fingerprint density at radius 2 is 1.80 bits per heavy atom. The molecule has 2 aromatic rings. The van der Waals surface area contributed by atoms with Crippen LogP contribution >= 0.6 is 11.6 Å². The second-order valence-electron chi connectivity index (χ2n) is 7.48. The molecule has 0 bridgehead atoms. The van der Waals surface area contributed by atoms with E-state index >= 15 is 0 Å². The van der Waals surface area contributed by atoms with E-state index in [1.165, 1.54) is 7.11 Å². The van der Waals surface area contributed by atoms with Crippen molar-refractivity contribution in [3.8, 4) is 0 Å². The van der Waals surface area contributed by atoms with Crippen LogP contribution in [0, 0.1) is 0 Å². The van der Waals surface area contributed by atoms with Gasteiger partial charge in [0.25, 0.3) is 0 Å². The van der Waals surface area contributed by atoms with Crippen molar-refractivity contribution in [3.63, 3.8) is 0 Å². The van der Waals surface area contributed by atoms with Crippen LogP contribution in [-0.4, -0.2) is 24.9 Å². The second-order valence-corrected chi connectivity index (χ2v) is 7.92. The molecule has 0 saturated heterocycles. The third-order valence-electron chi connectivity index (χ3n) is 5.22. The fourth-order valence-electron chi connectivity index (χ4n) is 3.41. The molecule has 0 aromatic heterocycles. The molecule has 0 radical (unpaired) electrons. The molecule has 0 spiro atoms. The fourth-order valence-corrected chi connectivity index (χ4v) is 3.54. The predicted molar refractivity (Wildman–Crippen MR) is 116 cm³/mol.